The Labute approximate surface area is 176 Å². The van der Waals surface area contributed by atoms with Crippen molar-refractivity contribution in [3.63, 3.8) is 0 Å². The second kappa shape index (κ2) is 8.53. The van der Waals surface area contributed by atoms with Gasteiger partial charge in [0, 0.05) is 43.0 Å². The number of aromatic nitrogens is 3. The molecule has 1 aliphatic heterocycles. The molecule has 10 heteroatoms. The van der Waals surface area contributed by atoms with E-state index in [-0.39, 0.29) is 30.0 Å². The molecule has 1 aromatic carbocycles. The third kappa shape index (κ3) is 4.19. The molecule has 162 valence electrons. The van der Waals surface area contributed by atoms with Crippen LogP contribution in [-0.2, 0) is 17.6 Å². The fourth-order valence-corrected chi connectivity index (χ4v) is 3.90. The van der Waals surface area contributed by atoms with Gasteiger partial charge in [-0.15, -0.1) is 0 Å². The number of methoxy groups -OCH3 is 1. The number of ether oxygens (including phenoxy) is 1. The first kappa shape index (κ1) is 21.1. The lowest BCUT2D eigenvalue weighted by Crippen LogP contribution is -2.38. The van der Waals surface area contributed by atoms with Gasteiger partial charge < -0.3 is 19.9 Å². The van der Waals surface area contributed by atoms with Gasteiger partial charge in [-0.2, -0.15) is 18.4 Å². The summed E-state index contributed by atoms with van der Waals surface area (Å²) in [6.45, 7) is 1.69. The molecule has 1 aliphatic rings. The fourth-order valence-electron chi connectivity index (χ4n) is 3.90. The van der Waals surface area contributed by atoms with Crippen molar-refractivity contribution in [1.29, 1.82) is 5.26 Å². The Morgan fingerprint density at radius 2 is 2.23 bits per heavy atom. The van der Waals surface area contributed by atoms with Crippen LogP contribution >= 0.6 is 0 Å². The van der Waals surface area contributed by atoms with E-state index >= 15 is 0 Å². The molecular formula is C21H21F3N6O. The van der Waals surface area contributed by atoms with Gasteiger partial charge in [0.15, 0.2) is 0 Å². The molecule has 3 aromatic rings. The van der Waals surface area contributed by atoms with Gasteiger partial charge in [0.1, 0.15) is 18.4 Å². The van der Waals surface area contributed by atoms with Crippen LogP contribution < -0.4 is 10.6 Å². The minimum atomic E-state index is -4.64. The minimum Gasteiger partial charge on any atom is -0.364 e. The van der Waals surface area contributed by atoms with Crippen molar-refractivity contribution in [3.05, 3.63) is 41.7 Å². The van der Waals surface area contributed by atoms with Crippen LogP contribution in [0.2, 0.25) is 0 Å². The van der Waals surface area contributed by atoms with E-state index in [4.69, 9.17) is 4.74 Å². The predicted molar refractivity (Wildman–Crippen MR) is 109 cm³/mol. The highest BCUT2D eigenvalue weighted by Crippen LogP contribution is 2.40. The van der Waals surface area contributed by atoms with E-state index < -0.39 is 11.7 Å². The number of benzene rings is 1. The first-order valence-electron chi connectivity index (χ1n) is 9.85. The molecule has 0 bridgehead atoms. The lowest BCUT2D eigenvalue weighted by Gasteiger charge is -2.24. The number of rotatable bonds is 5. The summed E-state index contributed by atoms with van der Waals surface area (Å²) in [7, 11) is 1.48. The van der Waals surface area contributed by atoms with E-state index in [0.717, 1.165) is 25.6 Å². The molecule has 0 amide bonds. The maximum Gasteiger partial charge on any atom is 0.419 e. The minimum absolute atomic E-state index is 0.0402. The van der Waals surface area contributed by atoms with Crippen molar-refractivity contribution >= 4 is 16.9 Å². The number of anilines is 1. The molecule has 0 aliphatic carbocycles. The summed E-state index contributed by atoms with van der Waals surface area (Å²) in [5, 5.41) is 16.4. The molecule has 2 N–H and O–H groups in total. The monoisotopic (exact) mass is 430 g/mol. The van der Waals surface area contributed by atoms with Crippen molar-refractivity contribution in [1.82, 2.24) is 19.9 Å². The van der Waals surface area contributed by atoms with E-state index in [0.29, 0.717) is 23.0 Å². The highest BCUT2D eigenvalue weighted by Gasteiger charge is 2.36. The number of piperidine rings is 1. The maximum absolute atomic E-state index is 13.8. The van der Waals surface area contributed by atoms with E-state index in [2.05, 4.69) is 26.7 Å². The van der Waals surface area contributed by atoms with Crippen LogP contribution in [0.3, 0.4) is 0 Å². The normalized spacial score (nSPS) is 16.9. The lowest BCUT2D eigenvalue weighted by molar-refractivity contribution is -0.137. The van der Waals surface area contributed by atoms with Crippen molar-refractivity contribution < 1.29 is 17.9 Å². The molecule has 0 spiro atoms. The average molecular weight is 430 g/mol. The Balaban J connectivity index is 1.88. The van der Waals surface area contributed by atoms with Gasteiger partial charge in [-0.25, -0.2) is 9.97 Å². The van der Waals surface area contributed by atoms with Crippen LogP contribution in [0.5, 0.6) is 0 Å². The fraction of sp³-hybridized carbons (Fsp3) is 0.381. The van der Waals surface area contributed by atoms with Gasteiger partial charge in [0.2, 0.25) is 5.95 Å². The zero-order valence-electron chi connectivity index (χ0n) is 16.8. The summed E-state index contributed by atoms with van der Waals surface area (Å²) in [4.78, 5) is 8.20. The quantitative estimate of drug-likeness (QED) is 0.641. The molecule has 4 rings (SSSR count). The molecule has 1 saturated heterocycles. The molecule has 7 nitrogen and oxygen atoms in total. The van der Waals surface area contributed by atoms with Crippen molar-refractivity contribution in [2.75, 3.05) is 25.5 Å². The smallest absolute Gasteiger partial charge is 0.364 e. The maximum atomic E-state index is 13.8. The number of alkyl halides is 3. The Morgan fingerprint density at radius 1 is 1.39 bits per heavy atom. The summed E-state index contributed by atoms with van der Waals surface area (Å²) in [6.07, 6.45) is -0.437. The zero-order valence-corrected chi connectivity index (χ0v) is 16.8. The van der Waals surface area contributed by atoms with Crippen LogP contribution in [0, 0.1) is 11.3 Å². The van der Waals surface area contributed by atoms with Crippen LogP contribution in [0.25, 0.3) is 22.2 Å². The van der Waals surface area contributed by atoms with Crippen LogP contribution in [-0.4, -0.2) is 40.8 Å². The predicted octanol–water partition coefficient (Wildman–Crippen LogP) is 3.76. The molecule has 1 fully saturated rings. The summed E-state index contributed by atoms with van der Waals surface area (Å²) in [5.74, 6) is 0.140. The lowest BCUT2D eigenvalue weighted by atomic mass is 10.0. The van der Waals surface area contributed by atoms with Gasteiger partial charge in [0.25, 0.3) is 0 Å². The second-order valence-corrected chi connectivity index (χ2v) is 7.39. The van der Waals surface area contributed by atoms with E-state index in [1.54, 1.807) is 29.0 Å². The molecule has 1 atom stereocenters. The Hall–Kier alpha value is -3.16. The first-order chi connectivity index (χ1) is 14.9. The summed E-state index contributed by atoms with van der Waals surface area (Å²) in [6, 6.07) is 7.07. The SMILES string of the molecule is COCn1cc(-c2nc(N[C@H]3CCCNC3)ncc2C(F)(F)F)c2cccc(C#N)c21. The van der Waals surface area contributed by atoms with E-state index in [1.165, 1.54) is 7.11 Å². The Bertz CT molecular complexity index is 1130. The van der Waals surface area contributed by atoms with E-state index in [1.807, 2.05) is 0 Å². The topological polar surface area (TPSA) is 87.8 Å². The number of nitrogens with one attached hydrogen (secondary N) is 2. The third-order valence-electron chi connectivity index (χ3n) is 5.27. The van der Waals surface area contributed by atoms with Gasteiger partial charge in [-0.1, -0.05) is 12.1 Å². The Morgan fingerprint density at radius 3 is 2.90 bits per heavy atom. The van der Waals surface area contributed by atoms with Crippen molar-refractivity contribution in [3.8, 4) is 17.3 Å². The number of hydrogen-bond donors (Lipinski definition) is 2. The second-order valence-electron chi connectivity index (χ2n) is 7.39. The van der Waals surface area contributed by atoms with Crippen LogP contribution in [0.4, 0.5) is 19.1 Å². The standard InChI is InChI=1S/C21H21F3N6O/c1-31-12-30-11-16(15-6-2-4-13(8-25)19(15)30)18-17(21(22,23)24)10-27-20(29-18)28-14-5-3-7-26-9-14/h2,4,6,10-11,14,26H,3,5,7,9,12H2,1H3,(H,27,28,29)/t14-/m0/s1. The summed E-state index contributed by atoms with van der Waals surface area (Å²) >= 11 is 0. The number of nitriles is 1. The first-order valence-corrected chi connectivity index (χ1v) is 9.85. The van der Waals surface area contributed by atoms with Crippen molar-refractivity contribution in [2.45, 2.75) is 31.8 Å². The van der Waals surface area contributed by atoms with E-state index in [9.17, 15) is 18.4 Å². The summed E-state index contributed by atoms with van der Waals surface area (Å²) in [5.41, 5.74) is -0.0549. The van der Waals surface area contributed by atoms with Gasteiger partial charge in [-0.05, 0) is 25.5 Å². The molecule has 0 saturated carbocycles. The van der Waals surface area contributed by atoms with Gasteiger partial charge >= 0.3 is 6.18 Å². The molecule has 31 heavy (non-hydrogen) atoms. The molecule has 0 unspecified atom stereocenters. The zero-order chi connectivity index (χ0) is 22.0. The number of nitrogens with zero attached hydrogens (tertiary/aromatic N) is 4. The molecule has 2 aromatic heterocycles. The van der Waals surface area contributed by atoms with Gasteiger partial charge in [0.05, 0.1) is 16.8 Å². The molecule has 3 heterocycles. The number of fused-ring (bicyclic) bond motifs is 1. The largest absolute Gasteiger partial charge is 0.419 e. The third-order valence-corrected chi connectivity index (χ3v) is 5.27. The number of para-hydroxylation sites is 1. The van der Waals surface area contributed by atoms with Gasteiger partial charge in [-0.3, -0.25) is 0 Å². The molecular weight excluding hydrogens is 409 g/mol. The highest BCUT2D eigenvalue weighted by molar-refractivity contribution is 5.98. The van der Waals surface area contributed by atoms with Crippen LogP contribution in [0.1, 0.15) is 24.0 Å². The Kier molecular flexibility index (Phi) is 5.80. The number of halogens is 3. The highest BCUT2D eigenvalue weighted by atomic mass is 19.4. The van der Waals surface area contributed by atoms with Crippen LogP contribution in [0.15, 0.2) is 30.6 Å². The summed E-state index contributed by atoms with van der Waals surface area (Å²) < 4.78 is 48.3. The number of hydrogen-bond acceptors (Lipinski definition) is 6. The van der Waals surface area contributed by atoms with Crippen molar-refractivity contribution in [2.24, 2.45) is 0 Å². The molecule has 0 radical (unpaired) electrons. The average Bonchev–Trinajstić information content (AvgIpc) is 3.12.